The minimum atomic E-state index is -0.560. The maximum atomic E-state index is 11.2. The Morgan fingerprint density at radius 3 is 3.00 bits per heavy atom. The van der Waals surface area contributed by atoms with Gasteiger partial charge < -0.3 is 16.4 Å². The highest BCUT2D eigenvalue weighted by molar-refractivity contribution is 5.89. The molecule has 1 heterocycles. The summed E-state index contributed by atoms with van der Waals surface area (Å²) in [4.78, 5) is 22.3. The van der Waals surface area contributed by atoms with Gasteiger partial charge in [0.05, 0.1) is 6.04 Å². The highest BCUT2D eigenvalue weighted by Gasteiger charge is 2.24. The Morgan fingerprint density at radius 2 is 2.46 bits per heavy atom. The van der Waals surface area contributed by atoms with E-state index in [1.165, 1.54) is 0 Å². The van der Waals surface area contributed by atoms with Crippen molar-refractivity contribution in [2.24, 2.45) is 5.73 Å². The number of hydrogen-bond acceptors (Lipinski definition) is 3. The van der Waals surface area contributed by atoms with Crippen LogP contribution >= 0.6 is 0 Å². The van der Waals surface area contributed by atoms with Crippen LogP contribution in [0.4, 0.5) is 0 Å². The molecule has 5 heteroatoms. The van der Waals surface area contributed by atoms with E-state index in [2.05, 4.69) is 10.6 Å². The molecule has 0 aliphatic carbocycles. The summed E-state index contributed by atoms with van der Waals surface area (Å²) in [5.41, 5.74) is 5.35. The lowest BCUT2D eigenvalue weighted by Crippen LogP contribution is -2.53. The van der Waals surface area contributed by atoms with Gasteiger partial charge in [-0.05, 0) is 19.8 Å². The third kappa shape index (κ3) is 2.69. The second-order valence-electron chi connectivity index (χ2n) is 3.28. The van der Waals surface area contributed by atoms with E-state index in [0.717, 1.165) is 6.42 Å². The molecule has 0 radical (unpaired) electrons. The van der Waals surface area contributed by atoms with Crippen LogP contribution < -0.4 is 16.4 Å². The first-order valence-corrected chi connectivity index (χ1v) is 4.45. The summed E-state index contributed by atoms with van der Waals surface area (Å²) in [5.74, 6) is -0.387. The van der Waals surface area contributed by atoms with Crippen LogP contribution in [-0.2, 0) is 9.59 Å². The van der Waals surface area contributed by atoms with Gasteiger partial charge in [0, 0.05) is 6.54 Å². The fourth-order valence-electron chi connectivity index (χ4n) is 1.21. The number of carbonyl (C=O) groups is 2. The van der Waals surface area contributed by atoms with Crippen LogP contribution in [0.2, 0.25) is 0 Å². The Balaban J connectivity index is 2.43. The molecular weight excluding hydrogens is 170 g/mol. The summed E-state index contributed by atoms with van der Waals surface area (Å²) in [6.45, 7) is 2.29. The van der Waals surface area contributed by atoms with E-state index in [1.807, 2.05) is 0 Å². The smallest absolute Gasteiger partial charge is 0.242 e. The first-order valence-electron chi connectivity index (χ1n) is 4.45. The fraction of sp³-hybridized carbons (Fsp3) is 0.750. The van der Waals surface area contributed by atoms with Gasteiger partial charge in [-0.3, -0.25) is 9.59 Å². The number of piperidine rings is 1. The monoisotopic (exact) mass is 185 g/mol. The Morgan fingerprint density at radius 1 is 1.77 bits per heavy atom. The van der Waals surface area contributed by atoms with Gasteiger partial charge in [-0.1, -0.05) is 0 Å². The molecule has 1 rings (SSSR count). The topological polar surface area (TPSA) is 84.2 Å². The van der Waals surface area contributed by atoms with E-state index in [1.54, 1.807) is 6.92 Å². The number of rotatable bonds is 2. The van der Waals surface area contributed by atoms with Gasteiger partial charge in [0.2, 0.25) is 11.8 Å². The molecular formula is C8H15N3O2. The van der Waals surface area contributed by atoms with Crippen molar-refractivity contribution in [1.82, 2.24) is 10.6 Å². The highest BCUT2D eigenvalue weighted by atomic mass is 16.2. The van der Waals surface area contributed by atoms with Crippen molar-refractivity contribution in [3.8, 4) is 0 Å². The van der Waals surface area contributed by atoms with Gasteiger partial charge >= 0.3 is 0 Å². The van der Waals surface area contributed by atoms with E-state index in [0.29, 0.717) is 13.0 Å². The SMILES string of the molecule is CC(N)C(=O)NC1CCCNC1=O. The van der Waals surface area contributed by atoms with Crippen LogP contribution in [0, 0.1) is 0 Å². The van der Waals surface area contributed by atoms with Gasteiger partial charge in [-0.2, -0.15) is 0 Å². The molecule has 74 valence electrons. The van der Waals surface area contributed by atoms with Gasteiger partial charge in [-0.25, -0.2) is 0 Å². The number of nitrogens with one attached hydrogen (secondary N) is 2. The van der Waals surface area contributed by atoms with Crippen molar-refractivity contribution < 1.29 is 9.59 Å². The van der Waals surface area contributed by atoms with Crippen molar-refractivity contribution >= 4 is 11.8 Å². The normalized spacial score (nSPS) is 24.8. The molecule has 1 saturated heterocycles. The first kappa shape index (κ1) is 9.98. The maximum Gasteiger partial charge on any atom is 0.242 e. The van der Waals surface area contributed by atoms with Crippen LogP contribution in [0.5, 0.6) is 0 Å². The van der Waals surface area contributed by atoms with Crippen molar-refractivity contribution in [2.75, 3.05) is 6.54 Å². The Hall–Kier alpha value is -1.10. The van der Waals surface area contributed by atoms with E-state index in [9.17, 15) is 9.59 Å². The summed E-state index contributed by atoms with van der Waals surface area (Å²) in [6.07, 6.45) is 1.60. The van der Waals surface area contributed by atoms with Gasteiger partial charge in [0.25, 0.3) is 0 Å². The average molecular weight is 185 g/mol. The number of carbonyl (C=O) groups excluding carboxylic acids is 2. The van der Waals surface area contributed by atoms with Crippen LogP contribution in [0.15, 0.2) is 0 Å². The van der Waals surface area contributed by atoms with Crippen LogP contribution in [0.3, 0.4) is 0 Å². The molecule has 0 aromatic heterocycles. The molecule has 4 N–H and O–H groups in total. The molecule has 2 unspecified atom stereocenters. The minimum absolute atomic E-state index is 0.111. The molecule has 0 aromatic carbocycles. The van der Waals surface area contributed by atoms with Crippen molar-refractivity contribution in [3.63, 3.8) is 0 Å². The average Bonchev–Trinajstić information content (AvgIpc) is 2.08. The number of hydrogen-bond donors (Lipinski definition) is 3. The zero-order valence-electron chi connectivity index (χ0n) is 7.67. The molecule has 5 nitrogen and oxygen atoms in total. The first-order chi connectivity index (χ1) is 6.11. The summed E-state index contributed by atoms with van der Waals surface area (Å²) < 4.78 is 0. The predicted molar refractivity (Wildman–Crippen MR) is 47.8 cm³/mol. The summed E-state index contributed by atoms with van der Waals surface area (Å²) in [6, 6.07) is -0.957. The van der Waals surface area contributed by atoms with Crippen molar-refractivity contribution in [3.05, 3.63) is 0 Å². The standard InChI is InChI=1S/C8H15N3O2/c1-5(9)7(12)11-6-3-2-4-10-8(6)13/h5-6H,2-4,9H2,1H3,(H,10,13)(H,11,12). The van der Waals surface area contributed by atoms with E-state index in [-0.39, 0.29) is 11.8 Å². The minimum Gasteiger partial charge on any atom is -0.354 e. The summed E-state index contributed by atoms with van der Waals surface area (Å²) in [7, 11) is 0. The van der Waals surface area contributed by atoms with Crippen LogP contribution in [0.1, 0.15) is 19.8 Å². The Kier molecular flexibility index (Phi) is 3.25. The molecule has 0 spiro atoms. The zero-order chi connectivity index (χ0) is 9.84. The maximum absolute atomic E-state index is 11.2. The van der Waals surface area contributed by atoms with E-state index in [4.69, 9.17) is 5.73 Å². The lowest BCUT2D eigenvalue weighted by molar-refractivity contribution is -0.130. The molecule has 1 fully saturated rings. The molecule has 0 bridgehead atoms. The van der Waals surface area contributed by atoms with Crippen molar-refractivity contribution in [2.45, 2.75) is 31.8 Å². The Labute approximate surface area is 77.1 Å². The predicted octanol–water partition coefficient (Wildman–Crippen LogP) is -1.27. The lowest BCUT2D eigenvalue weighted by Gasteiger charge is -2.23. The quantitative estimate of drug-likeness (QED) is 0.501. The number of nitrogens with two attached hydrogens (primary N) is 1. The van der Waals surface area contributed by atoms with Crippen LogP contribution in [-0.4, -0.2) is 30.4 Å². The lowest BCUT2D eigenvalue weighted by atomic mass is 10.1. The summed E-state index contributed by atoms with van der Waals surface area (Å²) in [5, 5.41) is 5.27. The second-order valence-corrected chi connectivity index (χ2v) is 3.28. The molecule has 0 saturated carbocycles. The summed E-state index contributed by atoms with van der Waals surface area (Å²) >= 11 is 0. The van der Waals surface area contributed by atoms with Gasteiger partial charge in [0.1, 0.15) is 6.04 Å². The second kappa shape index (κ2) is 4.23. The molecule has 13 heavy (non-hydrogen) atoms. The molecule has 1 aliphatic rings. The molecule has 2 amide bonds. The van der Waals surface area contributed by atoms with E-state index < -0.39 is 12.1 Å². The van der Waals surface area contributed by atoms with E-state index >= 15 is 0 Å². The fourth-order valence-corrected chi connectivity index (χ4v) is 1.21. The van der Waals surface area contributed by atoms with Crippen LogP contribution in [0.25, 0.3) is 0 Å². The third-order valence-corrected chi connectivity index (χ3v) is 2.02. The van der Waals surface area contributed by atoms with Gasteiger partial charge in [-0.15, -0.1) is 0 Å². The highest BCUT2D eigenvalue weighted by Crippen LogP contribution is 2.02. The molecule has 2 atom stereocenters. The third-order valence-electron chi connectivity index (χ3n) is 2.02. The largest absolute Gasteiger partial charge is 0.354 e. The number of amides is 2. The molecule has 0 aromatic rings. The van der Waals surface area contributed by atoms with Gasteiger partial charge in [0.15, 0.2) is 0 Å². The van der Waals surface area contributed by atoms with Crippen molar-refractivity contribution in [1.29, 1.82) is 0 Å². The Bertz CT molecular complexity index is 215. The molecule has 1 aliphatic heterocycles. The zero-order valence-corrected chi connectivity index (χ0v) is 7.67.